The Morgan fingerprint density at radius 2 is 1.90 bits per heavy atom. The van der Waals surface area contributed by atoms with Crippen LogP contribution in [0.3, 0.4) is 0 Å². The van der Waals surface area contributed by atoms with Crippen LogP contribution in [0, 0.1) is 0 Å². The van der Waals surface area contributed by atoms with Crippen LogP contribution in [0.15, 0.2) is 40.0 Å². The normalized spacial score (nSPS) is 15.7. The van der Waals surface area contributed by atoms with E-state index in [4.69, 9.17) is 4.42 Å². The third-order valence-corrected chi connectivity index (χ3v) is 7.16. The molecular weight excluding hydrogens is 426 g/mol. The minimum atomic E-state index is -3.83. The van der Waals surface area contributed by atoms with E-state index in [1.54, 1.807) is 31.9 Å². The number of nitrogens with zero attached hydrogens (tertiary/aromatic N) is 4. The Morgan fingerprint density at radius 1 is 1.17 bits per heavy atom. The van der Waals surface area contributed by atoms with Gasteiger partial charge in [0, 0.05) is 37.9 Å². The highest BCUT2D eigenvalue weighted by Crippen LogP contribution is 2.28. The minimum Gasteiger partial charge on any atom is -0.438 e. The van der Waals surface area contributed by atoms with Crippen molar-refractivity contribution in [1.82, 2.24) is 19.6 Å². The summed E-state index contributed by atoms with van der Waals surface area (Å²) in [6, 6.07) is 6.51. The fourth-order valence-corrected chi connectivity index (χ4v) is 5.50. The molecule has 1 N–H and O–H groups in total. The van der Waals surface area contributed by atoms with E-state index in [9.17, 15) is 13.2 Å². The molecule has 160 valence electrons. The molecule has 1 fully saturated rings. The Bertz CT molecular complexity index is 1140. The number of carbonyl (C=O) groups is 1. The molecule has 0 aliphatic carbocycles. The van der Waals surface area contributed by atoms with Crippen molar-refractivity contribution in [3.05, 3.63) is 36.2 Å². The quantitative estimate of drug-likeness (QED) is 0.651. The van der Waals surface area contributed by atoms with Crippen LogP contribution in [0.25, 0.3) is 10.3 Å². The lowest BCUT2D eigenvalue weighted by Gasteiger charge is -2.34. The second-order valence-electron chi connectivity index (χ2n) is 8.08. The molecule has 1 amide bonds. The van der Waals surface area contributed by atoms with E-state index in [1.807, 2.05) is 12.1 Å². The van der Waals surface area contributed by atoms with Crippen LogP contribution in [0.5, 0.6) is 0 Å². The SMILES string of the molecule is CC(C)(C)NS(=O)(=O)c1ccc(C(=O)N2CCN(c3nc4cccnc4s3)CC2)o1. The number of rotatable bonds is 4. The average molecular weight is 450 g/mol. The van der Waals surface area contributed by atoms with Crippen molar-refractivity contribution in [1.29, 1.82) is 0 Å². The van der Waals surface area contributed by atoms with Crippen LogP contribution in [0.1, 0.15) is 31.3 Å². The number of piperazine rings is 1. The van der Waals surface area contributed by atoms with E-state index in [0.29, 0.717) is 26.2 Å². The van der Waals surface area contributed by atoms with Crippen molar-refractivity contribution in [3.8, 4) is 0 Å². The summed E-state index contributed by atoms with van der Waals surface area (Å²) >= 11 is 1.53. The monoisotopic (exact) mass is 449 g/mol. The maximum Gasteiger partial charge on any atom is 0.289 e. The van der Waals surface area contributed by atoms with E-state index in [0.717, 1.165) is 15.5 Å². The fraction of sp³-hybridized carbons (Fsp3) is 0.421. The molecule has 1 saturated heterocycles. The first-order valence-corrected chi connectivity index (χ1v) is 11.8. The van der Waals surface area contributed by atoms with Gasteiger partial charge in [-0.2, -0.15) is 0 Å². The summed E-state index contributed by atoms with van der Waals surface area (Å²) in [6.45, 7) is 7.45. The lowest BCUT2D eigenvalue weighted by Crippen LogP contribution is -2.48. The number of amides is 1. The molecule has 0 radical (unpaired) electrons. The zero-order valence-corrected chi connectivity index (χ0v) is 18.6. The van der Waals surface area contributed by atoms with Crippen LogP contribution in [0.4, 0.5) is 5.13 Å². The van der Waals surface area contributed by atoms with E-state index in [2.05, 4.69) is 19.6 Å². The van der Waals surface area contributed by atoms with Crippen LogP contribution in [-0.4, -0.2) is 60.9 Å². The van der Waals surface area contributed by atoms with Crippen LogP contribution >= 0.6 is 11.3 Å². The van der Waals surface area contributed by atoms with Crippen molar-refractivity contribution in [2.45, 2.75) is 31.4 Å². The summed E-state index contributed by atoms with van der Waals surface area (Å²) in [4.78, 5) is 26.4. The molecule has 0 unspecified atom stereocenters. The third kappa shape index (κ3) is 4.32. The molecule has 0 bridgehead atoms. The first-order valence-electron chi connectivity index (χ1n) is 9.52. The van der Waals surface area contributed by atoms with Gasteiger partial charge in [0.15, 0.2) is 10.9 Å². The number of thiazole rings is 1. The number of anilines is 1. The van der Waals surface area contributed by atoms with E-state index in [1.165, 1.54) is 23.5 Å². The topological polar surface area (TPSA) is 109 Å². The zero-order valence-electron chi connectivity index (χ0n) is 17.0. The van der Waals surface area contributed by atoms with Gasteiger partial charge in [-0.1, -0.05) is 11.3 Å². The highest BCUT2D eigenvalue weighted by molar-refractivity contribution is 7.89. The Balaban J connectivity index is 1.42. The molecule has 1 aliphatic rings. The van der Waals surface area contributed by atoms with Gasteiger partial charge in [0.25, 0.3) is 15.9 Å². The summed E-state index contributed by atoms with van der Waals surface area (Å²) in [6.07, 6.45) is 1.75. The second-order valence-corrected chi connectivity index (χ2v) is 10.6. The second kappa shape index (κ2) is 7.64. The number of aromatic nitrogens is 2. The number of pyridine rings is 1. The number of hydrogen-bond donors (Lipinski definition) is 1. The zero-order chi connectivity index (χ0) is 21.5. The number of furan rings is 1. The van der Waals surface area contributed by atoms with E-state index < -0.39 is 15.6 Å². The van der Waals surface area contributed by atoms with Gasteiger partial charge in [0.05, 0.1) is 0 Å². The summed E-state index contributed by atoms with van der Waals surface area (Å²) in [5.74, 6) is -0.306. The maximum absolute atomic E-state index is 12.8. The van der Waals surface area contributed by atoms with Crippen molar-refractivity contribution in [2.75, 3.05) is 31.1 Å². The number of fused-ring (bicyclic) bond motifs is 1. The summed E-state index contributed by atoms with van der Waals surface area (Å²) in [5.41, 5.74) is 0.214. The predicted molar refractivity (Wildman–Crippen MR) is 114 cm³/mol. The standard InChI is InChI=1S/C19H23N5O4S2/c1-19(2,3)22-30(26,27)15-7-6-14(28-15)17(25)23-9-11-24(12-10-23)18-21-13-5-4-8-20-16(13)29-18/h4-8,22H,9-12H2,1-3H3. The van der Waals surface area contributed by atoms with Crippen LogP contribution in [0.2, 0.25) is 0 Å². The van der Waals surface area contributed by atoms with Gasteiger partial charge in [-0.3, -0.25) is 4.79 Å². The lowest BCUT2D eigenvalue weighted by atomic mass is 10.1. The number of sulfonamides is 1. The smallest absolute Gasteiger partial charge is 0.289 e. The van der Waals surface area contributed by atoms with Gasteiger partial charge in [0.2, 0.25) is 5.09 Å². The number of carbonyl (C=O) groups excluding carboxylic acids is 1. The van der Waals surface area contributed by atoms with Crippen molar-refractivity contribution >= 4 is 42.7 Å². The highest BCUT2D eigenvalue weighted by atomic mass is 32.2. The number of nitrogens with one attached hydrogen (secondary N) is 1. The first-order chi connectivity index (χ1) is 14.1. The molecule has 4 heterocycles. The Morgan fingerprint density at radius 3 is 2.57 bits per heavy atom. The third-order valence-electron chi connectivity index (χ3n) is 4.49. The van der Waals surface area contributed by atoms with E-state index in [-0.39, 0.29) is 16.8 Å². The first kappa shape index (κ1) is 20.8. The Kier molecular flexibility index (Phi) is 5.28. The maximum atomic E-state index is 12.8. The average Bonchev–Trinajstić information content (AvgIpc) is 3.33. The predicted octanol–water partition coefficient (Wildman–Crippen LogP) is 2.32. The summed E-state index contributed by atoms with van der Waals surface area (Å²) in [7, 11) is -3.83. The van der Waals surface area contributed by atoms with Gasteiger partial charge in [-0.15, -0.1) is 0 Å². The van der Waals surface area contributed by atoms with Gasteiger partial charge < -0.3 is 14.2 Å². The van der Waals surface area contributed by atoms with Gasteiger partial charge >= 0.3 is 0 Å². The molecular formula is C19H23N5O4S2. The van der Waals surface area contributed by atoms with Gasteiger partial charge in [-0.05, 0) is 45.0 Å². The highest BCUT2D eigenvalue weighted by Gasteiger charge is 2.29. The summed E-state index contributed by atoms with van der Waals surface area (Å²) < 4.78 is 32.7. The Labute approximate surface area is 178 Å². The molecule has 0 atom stereocenters. The molecule has 0 aromatic carbocycles. The molecule has 3 aromatic heterocycles. The number of hydrogen-bond acceptors (Lipinski definition) is 8. The molecule has 0 spiro atoms. The van der Waals surface area contributed by atoms with Crippen LogP contribution < -0.4 is 9.62 Å². The summed E-state index contributed by atoms with van der Waals surface area (Å²) in [5, 5.41) is 0.622. The molecule has 9 nitrogen and oxygen atoms in total. The minimum absolute atomic E-state index is 0.0157. The van der Waals surface area contributed by atoms with Gasteiger partial charge in [-0.25, -0.2) is 23.1 Å². The molecule has 3 aromatic rings. The van der Waals surface area contributed by atoms with Crippen molar-refractivity contribution in [3.63, 3.8) is 0 Å². The van der Waals surface area contributed by atoms with Crippen LogP contribution in [-0.2, 0) is 10.0 Å². The Hall–Kier alpha value is -2.50. The molecule has 30 heavy (non-hydrogen) atoms. The van der Waals surface area contributed by atoms with Crippen molar-refractivity contribution in [2.24, 2.45) is 0 Å². The fourth-order valence-electron chi connectivity index (χ4n) is 3.18. The molecule has 4 rings (SSSR count). The molecule has 1 aliphatic heterocycles. The van der Waals surface area contributed by atoms with Gasteiger partial charge in [0.1, 0.15) is 10.3 Å². The largest absolute Gasteiger partial charge is 0.438 e. The molecule has 0 saturated carbocycles. The molecule has 11 heteroatoms. The van der Waals surface area contributed by atoms with E-state index >= 15 is 0 Å². The van der Waals surface area contributed by atoms with Crippen molar-refractivity contribution < 1.29 is 17.6 Å². The lowest BCUT2D eigenvalue weighted by molar-refractivity contribution is 0.0709.